The van der Waals surface area contributed by atoms with E-state index in [4.69, 9.17) is 4.74 Å². The second-order valence-corrected chi connectivity index (χ2v) is 8.41. The van der Waals surface area contributed by atoms with Crippen LogP contribution < -0.4 is 19.9 Å². The molecule has 2 aliphatic heterocycles. The molecule has 2 aliphatic rings. The van der Waals surface area contributed by atoms with E-state index in [0.29, 0.717) is 13.1 Å². The summed E-state index contributed by atoms with van der Waals surface area (Å²) in [5.74, 6) is 0.618. The molecule has 1 unspecified atom stereocenters. The van der Waals surface area contributed by atoms with Gasteiger partial charge in [-0.25, -0.2) is 0 Å². The number of methoxy groups -OCH3 is 1. The number of carbonyl (C=O) groups is 2. The van der Waals surface area contributed by atoms with E-state index in [-0.39, 0.29) is 24.2 Å². The number of ether oxygens (including phenoxy) is 1. The van der Waals surface area contributed by atoms with Crippen LogP contribution in [0.2, 0.25) is 0 Å². The summed E-state index contributed by atoms with van der Waals surface area (Å²) in [5, 5.41) is 3.04. The maximum Gasteiger partial charge on any atom is 0.227 e. The predicted molar refractivity (Wildman–Crippen MR) is 126 cm³/mol. The van der Waals surface area contributed by atoms with Crippen molar-refractivity contribution in [1.29, 1.82) is 0 Å². The van der Waals surface area contributed by atoms with E-state index < -0.39 is 0 Å². The summed E-state index contributed by atoms with van der Waals surface area (Å²) in [4.78, 5) is 31.4. The molecule has 7 nitrogen and oxygen atoms in total. The molecule has 2 amide bonds. The van der Waals surface area contributed by atoms with E-state index in [0.717, 1.165) is 50.6 Å². The van der Waals surface area contributed by atoms with E-state index in [1.807, 2.05) is 42.5 Å². The van der Waals surface area contributed by atoms with Gasteiger partial charge in [-0.05, 0) is 49.4 Å². The Hall–Kier alpha value is -3.06. The fourth-order valence-electron chi connectivity index (χ4n) is 4.42. The Kier molecular flexibility index (Phi) is 7.27. The molecule has 2 saturated heterocycles. The van der Waals surface area contributed by atoms with Gasteiger partial charge in [-0.1, -0.05) is 18.2 Å². The summed E-state index contributed by atoms with van der Waals surface area (Å²) in [7, 11) is 1.68. The maximum atomic E-state index is 12.5. The van der Waals surface area contributed by atoms with Crippen molar-refractivity contribution in [3.05, 3.63) is 54.6 Å². The Bertz CT molecular complexity index is 895. The number of nitrogens with one attached hydrogen (secondary N) is 1. The summed E-state index contributed by atoms with van der Waals surface area (Å²) in [5.41, 5.74) is 2.09. The molecule has 7 heteroatoms. The van der Waals surface area contributed by atoms with Gasteiger partial charge in [0.2, 0.25) is 11.8 Å². The van der Waals surface area contributed by atoms with Crippen LogP contribution >= 0.6 is 0 Å². The van der Waals surface area contributed by atoms with Crippen LogP contribution in [-0.4, -0.2) is 69.6 Å². The fraction of sp³-hybridized carbons (Fsp3) is 0.440. The molecule has 1 atom stereocenters. The summed E-state index contributed by atoms with van der Waals surface area (Å²) in [6.07, 6.45) is 1.20. The van der Waals surface area contributed by atoms with Gasteiger partial charge in [0.15, 0.2) is 0 Å². The van der Waals surface area contributed by atoms with Crippen molar-refractivity contribution in [3.8, 4) is 5.75 Å². The molecule has 0 aliphatic carbocycles. The van der Waals surface area contributed by atoms with Crippen LogP contribution in [0.1, 0.15) is 12.8 Å². The maximum absolute atomic E-state index is 12.5. The SMILES string of the molecule is COc1ccc(N2CCN(CCCNC(=O)C3CC(=O)N(c4ccccc4)C3)CC2)cc1. The van der Waals surface area contributed by atoms with Gasteiger partial charge < -0.3 is 19.9 Å². The van der Waals surface area contributed by atoms with Gasteiger partial charge in [-0.3, -0.25) is 14.5 Å². The van der Waals surface area contributed by atoms with Crippen molar-refractivity contribution in [2.24, 2.45) is 5.92 Å². The van der Waals surface area contributed by atoms with Crippen molar-refractivity contribution >= 4 is 23.2 Å². The molecule has 32 heavy (non-hydrogen) atoms. The third-order valence-electron chi connectivity index (χ3n) is 6.32. The molecular formula is C25H32N4O3. The zero-order chi connectivity index (χ0) is 22.3. The summed E-state index contributed by atoms with van der Waals surface area (Å²) < 4.78 is 5.23. The third kappa shape index (κ3) is 5.40. The number of nitrogens with zero attached hydrogens (tertiary/aromatic N) is 3. The Balaban J connectivity index is 1.14. The van der Waals surface area contributed by atoms with Gasteiger partial charge in [0, 0.05) is 57.1 Å². The van der Waals surface area contributed by atoms with Crippen molar-refractivity contribution in [2.75, 3.05) is 62.7 Å². The second kappa shape index (κ2) is 10.5. The highest BCUT2D eigenvalue weighted by Crippen LogP contribution is 2.25. The number of carbonyl (C=O) groups excluding carboxylic acids is 2. The molecule has 4 rings (SSSR count). The quantitative estimate of drug-likeness (QED) is 0.644. The highest BCUT2D eigenvalue weighted by Gasteiger charge is 2.34. The topological polar surface area (TPSA) is 65.1 Å². The lowest BCUT2D eigenvalue weighted by atomic mass is 10.1. The molecule has 2 aromatic rings. The number of para-hydroxylation sites is 1. The Morgan fingerprint density at radius 1 is 1.00 bits per heavy atom. The normalized spacial score (nSPS) is 19.3. The average molecular weight is 437 g/mol. The number of hydrogen-bond acceptors (Lipinski definition) is 5. The van der Waals surface area contributed by atoms with Crippen molar-refractivity contribution in [1.82, 2.24) is 10.2 Å². The second-order valence-electron chi connectivity index (χ2n) is 8.41. The lowest BCUT2D eigenvalue weighted by Crippen LogP contribution is -2.47. The van der Waals surface area contributed by atoms with Crippen LogP contribution in [0.25, 0.3) is 0 Å². The van der Waals surface area contributed by atoms with Crippen LogP contribution in [0.5, 0.6) is 5.75 Å². The van der Waals surface area contributed by atoms with E-state index >= 15 is 0 Å². The van der Waals surface area contributed by atoms with Gasteiger partial charge in [0.05, 0.1) is 13.0 Å². The van der Waals surface area contributed by atoms with E-state index in [1.165, 1.54) is 5.69 Å². The Morgan fingerprint density at radius 2 is 1.72 bits per heavy atom. The highest BCUT2D eigenvalue weighted by molar-refractivity contribution is 6.00. The largest absolute Gasteiger partial charge is 0.497 e. The zero-order valence-electron chi connectivity index (χ0n) is 18.7. The molecule has 2 fully saturated rings. The standard InChI is InChI=1S/C25H32N4O3/c1-32-23-10-8-21(9-11-23)28-16-14-27(15-17-28)13-5-12-26-25(31)20-18-24(30)29(19-20)22-6-3-2-4-7-22/h2-4,6-11,20H,5,12-19H2,1H3,(H,26,31). The Morgan fingerprint density at radius 3 is 2.41 bits per heavy atom. The highest BCUT2D eigenvalue weighted by atomic mass is 16.5. The predicted octanol–water partition coefficient (Wildman–Crippen LogP) is 2.38. The van der Waals surface area contributed by atoms with Gasteiger partial charge in [-0.15, -0.1) is 0 Å². The van der Waals surface area contributed by atoms with Gasteiger partial charge in [0.25, 0.3) is 0 Å². The van der Waals surface area contributed by atoms with Crippen LogP contribution in [0.4, 0.5) is 11.4 Å². The fourth-order valence-corrected chi connectivity index (χ4v) is 4.42. The smallest absolute Gasteiger partial charge is 0.227 e. The molecule has 0 radical (unpaired) electrons. The van der Waals surface area contributed by atoms with Crippen molar-refractivity contribution < 1.29 is 14.3 Å². The molecule has 1 N–H and O–H groups in total. The van der Waals surface area contributed by atoms with Crippen LogP contribution in [0, 0.1) is 5.92 Å². The molecule has 2 heterocycles. The third-order valence-corrected chi connectivity index (χ3v) is 6.32. The van der Waals surface area contributed by atoms with E-state index in [2.05, 4.69) is 27.2 Å². The molecule has 170 valence electrons. The minimum atomic E-state index is -0.268. The average Bonchev–Trinajstić information content (AvgIpc) is 3.24. The first-order chi connectivity index (χ1) is 15.6. The first-order valence-electron chi connectivity index (χ1n) is 11.4. The number of anilines is 2. The first kappa shape index (κ1) is 22.1. The van der Waals surface area contributed by atoms with Gasteiger partial charge in [-0.2, -0.15) is 0 Å². The summed E-state index contributed by atoms with van der Waals surface area (Å²) >= 11 is 0. The van der Waals surface area contributed by atoms with Crippen LogP contribution in [0.3, 0.4) is 0 Å². The molecule has 2 aromatic carbocycles. The number of amides is 2. The molecule has 0 saturated carbocycles. The van der Waals surface area contributed by atoms with Gasteiger partial charge in [0.1, 0.15) is 5.75 Å². The number of benzene rings is 2. The molecule has 0 bridgehead atoms. The monoisotopic (exact) mass is 436 g/mol. The minimum absolute atomic E-state index is 0.0129. The van der Waals surface area contributed by atoms with Crippen molar-refractivity contribution in [3.63, 3.8) is 0 Å². The molecular weight excluding hydrogens is 404 g/mol. The minimum Gasteiger partial charge on any atom is -0.497 e. The first-order valence-corrected chi connectivity index (χ1v) is 11.4. The molecule has 0 aromatic heterocycles. The van der Waals surface area contributed by atoms with Crippen LogP contribution in [0.15, 0.2) is 54.6 Å². The Labute approximate surface area is 189 Å². The number of piperazine rings is 1. The molecule has 0 spiro atoms. The zero-order valence-corrected chi connectivity index (χ0v) is 18.7. The summed E-state index contributed by atoms with van der Waals surface area (Å²) in [6, 6.07) is 17.8. The van der Waals surface area contributed by atoms with Gasteiger partial charge >= 0.3 is 0 Å². The van der Waals surface area contributed by atoms with Crippen molar-refractivity contribution in [2.45, 2.75) is 12.8 Å². The lowest BCUT2D eigenvalue weighted by molar-refractivity contribution is -0.126. The van der Waals surface area contributed by atoms with E-state index in [1.54, 1.807) is 12.0 Å². The number of hydrogen-bond donors (Lipinski definition) is 1. The number of rotatable bonds is 8. The van der Waals surface area contributed by atoms with E-state index in [9.17, 15) is 9.59 Å². The lowest BCUT2D eigenvalue weighted by Gasteiger charge is -2.36. The van der Waals surface area contributed by atoms with Crippen LogP contribution in [-0.2, 0) is 9.59 Å². The summed E-state index contributed by atoms with van der Waals surface area (Å²) in [6.45, 7) is 6.11.